The van der Waals surface area contributed by atoms with Crippen LogP contribution in [0.4, 0.5) is 0 Å². The molecule has 1 aliphatic heterocycles. The molecule has 0 aromatic rings. The fraction of sp³-hybridized carbons (Fsp3) is 0.933. The van der Waals surface area contributed by atoms with Gasteiger partial charge in [-0.3, -0.25) is 4.79 Å². The number of likely N-dealkylation sites (tertiary alicyclic amines) is 1. The van der Waals surface area contributed by atoms with Crippen molar-refractivity contribution in [3.63, 3.8) is 0 Å². The van der Waals surface area contributed by atoms with Crippen LogP contribution < -0.4 is 0 Å². The van der Waals surface area contributed by atoms with Crippen LogP contribution in [0.1, 0.15) is 39.0 Å². The van der Waals surface area contributed by atoms with Crippen LogP contribution in [-0.2, 0) is 9.53 Å². The van der Waals surface area contributed by atoms with Crippen molar-refractivity contribution in [3.05, 3.63) is 0 Å². The Balaban J connectivity index is 1.60. The number of hydrogen-bond donors (Lipinski definition) is 1. The SMILES string of the molecule is CCO[C@@H]1C[C@H](O)C12CCN(C(=O)C1(SC)CC1)CC2. The number of carbonyl (C=O) groups is 1. The third kappa shape index (κ3) is 2.09. The van der Waals surface area contributed by atoms with Gasteiger partial charge in [-0.15, -0.1) is 11.8 Å². The molecule has 1 amide bonds. The predicted molar refractivity (Wildman–Crippen MR) is 79.8 cm³/mol. The van der Waals surface area contributed by atoms with Crippen molar-refractivity contribution >= 4 is 17.7 Å². The minimum absolute atomic E-state index is 0.0805. The Kier molecular flexibility index (Phi) is 3.80. The number of hydrogen-bond acceptors (Lipinski definition) is 4. The van der Waals surface area contributed by atoms with Crippen LogP contribution in [-0.4, -0.2) is 58.8 Å². The van der Waals surface area contributed by atoms with Crippen LogP contribution in [0.3, 0.4) is 0 Å². The summed E-state index contributed by atoms with van der Waals surface area (Å²) in [6.07, 6.45) is 6.57. The van der Waals surface area contributed by atoms with E-state index in [4.69, 9.17) is 4.74 Å². The number of aliphatic hydroxyl groups is 1. The van der Waals surface area contributed by atoms with Gasteiger partial charge in [-0.25, -0.2) is 0 Å². The Hall–Kier alpha value is -0.260. The van der Waals surface area contributed by atoms with Gasteiger partial charge in [-0.05, 0) is 38.9 Å². The highest BCUT2D eigenvalue weighted by Crippen LogP contribution is 2.53. The van der Waals surface area contributed by atoms with Gasteiger partial charge in [0.2, 0.25) is 5.91 Å². The zero-order valence-electron chi connectivity index (χ0n) is 12.4. The Labute approximate surface area is 125 Å². The third-order valence-electron chi connectivity index (χ3n) is 5.58. The third-order valence-corrected chi connectivity index (χ3v) is 6.94. The number of nitrogens with zero attached hydrogens (tertiary/aromatic N) is 1. The zero-order valence-corrected chi connectivity index (χ0v) is 13.2. The maximum absolute atomic E-state index is 12.5. The van der Waals surface area contributed by atoms with E-state index in [2.05, 4.69) is 0 Å². The maximum atomic E-state index is 12.5. The number of aliphatic hydroxyl groups excluding tert-OH is 1. The van der Waals surface area contributed by atoms with E-state index in [0.29, 0.717) is 12.5 Å². The number of carbonyl (C=O) groups excluding carboxylic acids is 1. The second-order valence-corrected chi connectivity index (χ2v) is 7.61. The largest absolute Gasteiger partial charge is 0.392 e. The first-order valence-corrected chi connectivity index (χ1v) is 8.95. The molecule has 2 atom stereocenters. The molecule has 3 aliphatic rings. The predicted octanol–water partition coefficient (Wildman–Crippen LogP) is 1.66. The van der Waals surface area contributed by atoms with Gasteiger partial charge < -0.3 is 14.7 Å². The van der Waals surface area contributed by atoms with Crippen LogP contribution in [0, 0.1) is 5.41 Å². The highest BCUT2D eigenvalue weighted by molar-refractivity contribution is 8.01. The van der Waals surface area contributed by atoms with E-state index >= 15 is 0 Å². The minimum atomic E-state index is -0.244. The van der Waals surface area contributed by atoms with Gasteiger partial charge in [0, 0.05) is 31.5 Å². The molecule has 0 aromatic carbocycles. The molecular formula is C15H25NO3S. The van der Waals surface area contributed by atoms with Crippen LogP contribution in [0.15, 0.2) is 0 Å². The average Bonchev–Trinajstić information content (AvgIpc) is 3.28. The first-order valence-electron chi connectivity index (χ1n) is 7.72. The van der Waals surface area contributed by atoms with Crippen molar-refractivity contribution in [3.8, 4) is 0 Å². The van der Waals surface area contributed by atoms with E-state index in [9.17, 15) is 9.90 Å². The molecule has 5 heteroatoms. The summed E-state index contributed by atoms with van der Waals surface area (Å²) in [7, 11) is 0. The minimum Gasteiger partial charge on any atom is -0.392 e. The highest BCUT2D eigenvalue weighted by atomic mass is 32.2. The molecule has 0 aromatic heterocycles. The molecule has 4 nitrogen and oxygen atoms in total. The molecule has 1 N–H and O–H groups in total. The van der Waals surface area contributed by atoms with Gasteiger partial charge in [0.1, 0.15) is 0 Å². The number of rotatable bonds is 4. The van der Waals surface area contributed by atoms with E-state index in [-0.39, 0.29) is 22.4 Å². The normalized spacial score (nSPS) is 33.9. The van der Waals surface area contributed by atoms with Crippen molar-refractivity contribution in [1.82, 2.24) is 4.90 Å². The van der Waals surface area contributed by atoms with E-state index in [1.807, 2.05) is 18.1 Å². The summed E-state index contributed by atoms with van der Waals surface area (Å²) in [6, 6.07) is 0. The number of piperidine rings is 1. The van der Waals surface area contributed by atoms with Gasteiger partial charge in [-0.1, -0.05) is 0 Å². The summed E-state index contributed by atoms with van der Waals surface area (Å²) in [6.45, 7) is 4.27. The highest BCUT2D eigenvalue weighted by Gasteiger charge is 2.58. The number of thioether (sulfide) groups is 1. The second kappa shape index (κ2) is 5.18. The van der Waals surface area contributed by atoms with Crippen molar-refractivity contribution in [2.24, 2.45) is 5.41 Å². The van der Waals surface area contributed by atoms with Crippen LogP contribution in [0.5, 0.6) is 0 Å². The molecule has 1 spiro atoms. The quantitative estimate of drug-likeness (QED) is 0.858. The Morgan fingerprint density at radius 2 is 2.00 bits per heavy atom. The molecule has 0 bridgehead atoms. The van der Waals surface area contributed by atoms with Gasteiger partial charge in [0.05, 0.1) is 17.0 Å². The lowest BCUT2D eigenvalue weighted by Crippen LogP contribution is -2.63. The smallest absolute Gasteiger partial charge is 0.238 e. The van der Waals surface area contributed by atoms with Crippen molar-refractivity contribution < 1.29 is 14.6 Å². The molecule has 2 saturated carbocycles. The molecule has 0 unspecified atom stereocenters. The molecule has 3 rings (SSSR count). The van der Waals surface area contributed by atoms with Gasteiger partial charge in [0.15, 0.2) is 0 Å². The summed E-state index contributed by atoms with van der Waals surface area (Å²) in [4.78, 5) is 14.5. The van der Waals surface area contributed by atoms with Crippen LogP contribution in [0.2, 0.25) is 0 Å². The van der Waals surface area contributed by atoms with Crippen molar-refractivity contribution in [2.75, 3.05) is 26.0 Å². The summed E-state index contributed by atoms with van der Waals surface area (Å²) in [5.41, 5.74) is -0.0805. The number of ether oxygens (including phenoxy) is 1. The van der Waals surface area contributed by atoms with E-state index in [1.54, 1.807) is 11.8 Å². The topological polar surface area (TPSA) is 49.8 Å². The fourth-order valence-electron chi connectivity index (χ4n) is 3.85. The van der Waals surface area contributed by atoms with Crippen molar-refractivity contribution in [2.45, 2.75) is 56.0 Å². The fourth-order valence-corrected chi connectivity index (χ4v) is 4.66. The lowest BCUT2D eigenvalue weighted by Gasteiger charge is -2.56. The first kappa shape index (κ1) is 14.7. The zero-order chi connectivity index (χ0) is 14.4. The average molecular weight is 299 g/mol. The van der Waals surface area contributed by atoms with Crippen LogP contribution in [0.25, 0.3) is 0 Å². The summed E-state index contributed by atoms with van der Waals surface area (Å²) in [5.74, 6) is 0.321. The van der Waals surface area contributed by atoms with Crippen LogP contribution >= 0.6 is 11.8 Å². The molecule has 114 valence electrons. The summed E-state index contributed by atoms with van der Waals surface area (Å²) >= 11 is 1.70. The standard InChI is InChI=1S/C15H25NO3S/c1-3-19-12-10-11(17)14(12)6-8-16(9-7-14)13(18)15(20-2)4-5-15/h11-12,17H,3-10H2,1-2H3/t11-,12+/m0/s1. The molecule has 1 saturated heterocycles. The Morgan fingerprint density at radius 3 is 2.45 bits per heavy atom. The molecule has 1 heterocycles. The molecular weight excluding hydrogens is 274 g/mol. The summed E-state index contributed by atoms with van der Waals surface area (Å²) < 4.78 is 5.66. The molecule has 2 aliphatic carbocycles. The molecule has 0 radical (unpaired) electrons. The van der Waals surface area contributed by atoms with Gasteiger partial charge in [0.25, 0.3) is 0 Å². The molecule has 20 heavy (non-hydrogen) atoms. The van der Waals surface area contributed by atoms with Gasteiger partial charge >= 0.3 is 0 Å². The lowest BCUT2D eigenvalue weighted by molar-refractivity contribution is -0.210. The van der Waals surface area contributed by atoms with Crippen molar-refractivity contribution in [1.29, 1.82) is 0 Å². The second-order valence-electron chi connectivity index (χ2n) is 6.42. The molecule has 3 fully saturated rings. The number of amides is 1. The van der Waals surface area contributed by atoms with E-state index in [1.165, 1.54) is 0 Å². The summed E-state index contributed by atoms with van der Waals surface area (Å²) in [5, 5.41) is 10.2. The maximum Gasteiger partial charge on any atom is 0.238 e. The monoisotopic (exact) mass is 299 g/mol. The van der Waals surface area contributed by atoms with E-state index < -0.39 is 0 Å². The Bertz CT molecular complexity index is 387. The lowest BCUT2D eigenvalue weighted by atomic mass is 9.58. The first-order chi connectivity index (χ1) is 9.58. The van der Waals surface area contributed by atoms with Gasteiger partial charge in [-0.2, -0.15) is 0 Å². The Morgan fingerprint density at radius 1 is 1.35 bits per heavy atom. The van der Waals surface area contributed by atoms with E-state index in [0.717, 1.165) is 45.2 Å².